The third-order valence-electron chi connectivity index (χ3n) is 2.39. The predicted octanol–water partition coefficient (Wildman–Crippen LogP) is 3.89. The van der Waals surface area contributed by atoms with Gasteiger partial charge in [-0.05, 0) is 44.9 Å². The molecule has 0 spiro atoms. The van der Waals surface area contributed by atoms with E-state index in [-0.39, 0.29) is 11.1 Å². The maximum atomic E-state index is 12.7. The normalized spacial score (nSPS) is 14.9. The first-order chi connectivity index (χ1) is 8.51. The van der Waals surface area contributed by atoms with Crippen LogP contribution in [-0.4, -0.2) is 15.5 Å². The van der Waals surface area contributed by atoms with Crippen LogP contribution in [0.25, 0.3) is 0 Å². The van der Waals surface area contributed by atoms with Crippen LogP contribution in [0, 0.1) is 6.92 Å². The predicted molar refractivity (Wildman–Crippen MR) is 71.7 cm³/mol. The maximum Gasteiger partial charge on any atom is 0.416 e. The average Bonchev–Trinajstić information content (AvgIpc) is 2.24. The Hall–Kier alpha value is -1.01. The van der Waals surface area contributed by atoms with Gasteiger partial charge in [-0.15, -0.1) is 0 Å². The molecule has 0 fully saturated rings. The van der Waals surface area contributed by atoms with Gasteiger partial charge in [-0.2, -0.15) is 13.2 Å². The molecule has 0 N–H and O–H groups in total. The molecule has 2 nitrogen and oxygen atoms in total. The van der Waals surface area contributed by atoms with E-state index >= 15 is 0 Å². The molecule has 0 heterocycles. The highest BCUT2D eigenvalue weighted by molar-refractivity contribution is 7.91. The van der Waals surface area contributed by atoms with Gasteiger partial charge in [0, 0.05) is 0 Å². The van der Waals surface area contributed by atoms with Gasteiger partial charge >= 0.3 is 6.18 Å². The lowest BCUT2D eigenvalue weighted by Crippen LogP contribution is -2.25. The average molecular weight is 291 g/mol. The van der Waals surface area contributed by atoms with Crippen molar-refractivity contribution < 1.29 is 17.7 Å². The van der Waals surface area contributed by atoms with E-state index in [9.17, 15) is 17.7 Å². The fourth-order valence-corrected chi connectivity index (χ4v) is 1.83. The maximum absolute atomic E-state index is 12.7. The van der Waals surface area contributed by atoms with Gasteiger partial charge in [0.15, 0.2) is 0 Å². The third kappa shape index (κ3) is 4.54. The number of nitrogens with zero attached hydrogens (tertiary/aromatic N) is 1. The molecule has 0 saturated heterocycles. The van der Waals surface area contributed by atoms with Gasteiger partial charge in [-0.1, -0.05) is 16.5 Å². The van der Waals surface area contributed by atoms with Gasteiger partial charge < -0.3 is 4.55 Å². The van der Waals surface area contributed by atoms with E-state index in [0.717, 1.165) is 6.07 Å². The van der Waals surface area contributed by atoms with Gasteiger partial charge in [0.25, 0.3) is 0 Å². The van der Waals surface area contributed by atoms with Crippen LogP contribution in [0.3, 0.4) is 0 Å². The molecular weight excluding hydrogens is 275 g/mol. The molecule has 106 valence electrons. The van der Waals surface area contributed by atoms with E-state index in [1.807, 2.05) is 0 Å². The summed E-state index contributed by atoms with van der Waals surface area (Å²) >= 11 is -1.48. The highest BCUT2D eigenvalue weighted by atomic mass is 32.2. The number of hydrogen-bond acceptors (Lipinski definition) is 2. The Bertz CT molecular complexity index is 478. The van der Waals surface area contributed by atoms with Crippen molar-refractivity contribution >= 4 is 17.6 Å². The SMILES string of the molecule is Cc1ccc(/C=N/[S@+]([O-])C(C)(C)C)cc1C(F)(F)F. The van der Waals surface area contributed by atoms with Gasteiger partial charge in [0.1, 0.15) is 16.1 Å². The first kappa shape index (κ1) is 16.0. The molecule has 1 rings (SSSR count). The molecule has 0 aliphatic carbocycles. The zero-order chi connectivity index (χ0) is 14.8. The molecule has 19 heavy (non-hydrogen) atoms. The standard InChI is InChI=1S/C13H16F3NOS/c1-9-5-6-10(7-11(9)13(14,15)16)8-17-19(18)12(2,3)4/h5-8H,1-4H3/b17-8+/t19-/m1/s1. The molecule has 0 aliphatic rings. The molecule has 6 heteroatoms. The van der Waals surface area contributed by atoms with Gasteiger partial charge in [-0.3, -0.25) is 0 Å². The summed E-state index contributed by atoms with van der Waals surface area (Å²) in [5.41, 5.74) is -0.255. The van der Waals surface area contributed by atoms with E-state index in [0.29, 0.717) is 0 Å². The largest absolute Gasteiger partial charge is 0.591 e. The number of rotatable bonds is 2. The molecule has 1 aromatic carbocycles. The van der Waals surface area contributed by atoms with Crippen molar-refractivity contribution in [2.24, 2.45) is 4.40 Å². The topological polar surface area (TPSA) is 35.4 Å². The van der Waals surface area contributed by atoms with E-state index in [1.165, 1.54) is 25.3 Å². The minimum atomic E-state index is -4.39. The highest BCUT2D eigenvalue weighted by Crippen LogP contribution is 2.32. The molecule has 0 aliphatic heterocycles. The summed E-state index contributed by atoms with van der Waals surface area (Å²) in [4.78, 5) is 0. The Labute approximate surface area is 114 Å². The van der Waals surface area contributed by atoms with Crippen LogP contribution in [-0.2, 0) is 17.5 Å². The molecule has 0 bridgehead atoms. The summed E-state index contributed by atoms with van der Waals surface area (Å²) in [7, 11) is 0. The number of halogens is 3. The van der Waals surface area contributed by atoms with Crippen LogP contribution in [0.15, 0.2) is 22.6 Å². The van der Waals surface area contributed by atoms with Crippen molar-refractivity contribution in [3.05, 3.63) is 34.9 Å². The number of aryl methyl sites for hydroxylation is 1. The highest BCUT2D eigenvalue weighted by Gasteiger charge is 2.32. The van der Waals surface area contributed by atoms with Gasteiger partial charge in [0.05, 0.1) is 11.8 Å². The molecule has 0 saturated carbocycles. The zero-order valence-electron chi connectivity index (χ0n) is 11.2. The Balaban J connectivity index is 3.02. The third-order valence-corrected chi connectivity index (χ3v) is 3.73. The smallest absolute Gasteiger partial charge is 0.416 e. The fraction of sp³-hybridized carbons (Fsp3) is 0.462. The van der Waals surface area contributed by atoms with Crippen molar-refractivity contribution in [3.8, 4) is 0 Å². The van der Waals surface area contributed by atoms with Gasteiger partial charge in [0.2, 0.25) is 0 Å². The molecule has 0 radical (unpaired) electrons. The van der Waals surface area contributed by atoms with Crippen molar-refractivity contribution in [1.82, 2.24) is 0 Å². The van der Waals surface area contributed by atoms with Crippen molar-refractivity contribution in [2.45, 2.75) is 38.6 Å². The molecule has 0 amide bonds. The molecular formula is C13H16F3NOS. The first-order valence-electron chi connectivity index (χ1n) is 5.66. The van der Waals surface area contributed by atoms with Crippen LogP contribution in [0.5, 0.6) is 0 Å². The second kappa shape index (κ2) is 5.54. The summed E-state index contributed by atoms with van der Waals surface area (Å²) in [6.45, 7) is 6.64. The van der Waals surface area contributed by atoms with Gasteiger partial charge in [-0.25, -0.2) is 0 Å². The van der Waals surface area contributed by atoms with Crippen LogP contribution in [0.1, 0.15) is 37.5 Å². The molecule has 1 atom stereocenters. The van der Waals surface area contributed by atoms with E-state index in [2.05, 4.69) is 4.40 Å². The van der Waals surface area contributed by atoms with E-state index in [1.54, 1.807) is 20.8 Å². The van der Waals surface area contributed by atoms with E-state index in [4.69, 9.17) is 0 Å². The fourth-order valence-electron chi connectivity index (χ4n) is 1.29. The summed E-state index contributed by atoms with van der Waals surface area (Å²) in [5, 5.41) is 0. The van der Waals surface area contributed by atoms with Crippen molar-refractivity contribution in [1.29, 1.82) is 0 Å². The quantitative estimate of drug-likeness (QED) is 0.601. The van der Waals surface area contributed by atoms with Crippen LogP contribution in [0.4, 0.5) is 13.2 Å². The van der Waals surface area contributed by atoms with Crippen LogP contribution >= 0.6 is 0 Å². The second-order valence-electron chi connectivity index (χ2n) is 5.17. The number of alkyl halides is 3. The van der Waals surface area contributed by atoms with Crippen molar-refractivity contribution in [3.63, 3.8) is 0 Å². The van der Waals surface area contributed by atoms with E-state index < -0.39 is 27.8 Å². The number of benzene rings is 1. The monoisotopic (exact) mass is 291 g/mol. The lowest BCUT2D eigenvalue weighted by atomic mass is 10.1. The summed E-state index contributed by atoms with van der Waals surface area (Å²) in [5.74, 6) is 0. The summed E-state index contributed by atoms with van der Waals surface area (Å²) in [6.07, 6.45) is -3.17. The molecule has 0 unspecified atom stereocenters. The Morgan fingerprint density at radius 3 is 2.26 bits per heavy atom. The van der Waals surface area contributed by atoms with Crippen LogP contribution in [0.2, 0.25) is 0 Å². The second-order valence-corrected chi connectivity index (χ2v) is 7.10. The summed E-state index contributed by atoms with van der Waals surface area (Å²) in [6, 6.07) is 3.91. The number of hydrogen-bond donors (Lipinski definition) is 0. The lowest BCUT2D eigenvalue weighted by molar-refractivity contribution is -0.138. The molecule has 1 aromatic rings. The Kier molecular flexibility index (Phi) is 4.68. The zero-order valence-corrected chi connectivity index (χ0v) is 12.0. The molecule has 0 aromatic heterocycles. The van der Waals surface area contributed by atoms with Crippen molar-refractivity contribution in [2.75, 3.05) is 0 Å². The minimum absolute atomic E-state index is 0.154. The van der Waals surface area contributed by atoms with Crippen LogP contribution < -0.4 is 0 Å². The lowest BCUT2D eigenvalue weighted by Gasteiger charge is -2.17. The first-order valence-corrected chi connectivity index (χ1v) is 6.76. The summed E-state index contributed by atoms with van der Waals surface area (Å²) < 4.78 is 53.1. The Morgan fingerprint density at radius 1 is 1.21 bits per heavy atom. The Morgan fingerprint density at radius 2 is 1.79 bits per heavy atom. The minimum Gasteiger partial charge on any atom is -0.591 e.